The summed E-state index contributed by atoms with van der Waals surface area (Å²) in [6.07, 6.45) is 3.85. The van der Waals surface area contributed by atoms with Gasteiger partial charge in [0.1, 0.15) is 0 Å². The molecule has 74 valence electrons. The van der Waals surface area contributed by atoms with Crippen LogP contribution in [-0.2, 0) is 0 Å². The van der Waals surface area contributed by atoms with Crippen LogP contribution in [0.25, 0.3) is 5.57 Å². The minimum Gasteiger partial charge on any atom is -0.106 e. The van der Waals surface area contributed by atoms with Gasteiger partial charge in [0.15, 0.2) is 0 Å². The van der Waals surface area contributed by atoms with Gasteiger partial charge in [-0.15, -0.1) is 13.2 Å². The minimum atomic E-state index is 1.27. The molecule has 0 aromatic heterocycles. The standard InChI is InChI=1S/C12H14.C2H4/c1-4-7-10(2)12-9-6-5-8-11(12)3;1-2/h4-9H,1H2,2-3H3;1-2H2/b10-7+;. The highest BCUT2D eigenvalue weighted by atomic mass is 14.0. The Hall–Kier alpha value is -1.56. The molecular weight excluding hydrogens is 168 g/mol. The molecular formula is C14H18. The van der Waals surface area contributed by atoms with Gasteiger partial charge in [-0.05, 0) is 30.5 Å². The van der Waals surface area contributed by atoms with E-state index in [0.717, 1.165) is 0 Å². The predicted octanol–water partition coefficient (Wildman–Crippen LogP) is 4.39. The number of allylic oxidation sites excluding steroid dienone is 3. The highest BCUT2D eigenvalue weighted by Gasteiger charge is 1.96. The molecule has 0 N–H and O–H groups in total. The molecule has 0 nitrogen and oxygen atoms in total. The van der Waals surface area contributed by atoms with Crippen molar-refractivity contribution in [1.29, 1.82) is 0 Å². The Labute approximate surface area is 87.3 Å². The first-order valence-corrected chi connectivity index (χ1v) is 4.61. The summed E-state index contributed by atoms with van der Waals surface area (Å²) in [6, 6.07) is 8.36. The van der Waals surface area contributed by atoms with Gasteiger partial charge in [-0.2, -0.15) is 0 Å². The second-order valence-corrected chi connectivity index (χ2v) is 2.90. The van der Waals surface area contributed by atoms with E-state index in [1.807, 2.05) is 12.2 Å². The zero-order valence-corrected chi connectivity index (χ0v) is 9.09. The molecule has 0 heterocycles. The molecule has 0 radical (unpaired) electrons. The molecule has 0 atom stereocenters. The van der Waals surface area contributed by atoms with E-state index < -0.39 is 0 Å². The highest BCUT2D eigenvalue weighted by Crippen LogP contribution is 2.17. The molecule has 0 fully saturated rings. The first-order chi connectivity index (χ1) is 6.75. The molecule has 0 spiro atoms. The molecule has 0 saturated carbocycles. The quantitative estimate of drug-likeness (QED) is 0.475. The van der Waals surface area contributed by atoms with E-state index >= 15 is 0 Å². The summed E-state index contributed by atoms with van der Waals surface area (Å²) < 4.78 is 0. The number of hydrogen-bond acceptors (Lipinski definition) is 0. The van der Waals surface area contributed by atoms with Gasteiger partial charge in [-0.25, -0.2) is 0 Å². The van der Waals surface area contributed by atoms with E-state index in [-0.39, 0.29) is 0 Å². The van der Waals surface area contributed by atoms with Crippen molar-refractivity contribution in [2.45, 2.75) is 13.8 Å². The second-order valence-electron chi connectivity index (χ2n) is 2.90. The maximum absolute atomic E-state index is 3.68. The first-order valence-electron chi connectivity index (χ1n) is 4.61. The van der Waals surface area contributed by atoms with Crippen molar-refractivity contribution in [2.75, 3.05) is 0 Å². The zero-order valence-electron chi connectivity index (χ0n) is 9.09. The SMILES string of the molecule is C=C.C=C/C=C(\C)c1ccccc1C. The fourth-order valence-electron chi connectivity index (χ4n) is 1.28. The first kappa shape index (κ1) is 12.4. The Morgan fingerprint density at radius 3 is 2.29 bits per heavy atom. The lowest BCUT2D eigenvalue weighted by atomic mass is 10.0. The molecule has 0 aliphatic carbocycles. The Morgan fingerprint density at radius 2 is 1.79 bits per heavy atom. The summed E-state index contributed by atoms with van der Waals surface area (Å²) >= 11 is 0. The van der Waals surface area contributed by atoms with Crippen LogP contribution in [0.5, 0.6) is 0 Å². The van der Waals surface area contributed by atoms with Crippen molar-refractivity contribution < 1.29 is 0 Å². The van der Waals surface area contributed by atoms with Crippen molar-refractivity contribution >= 4 is 5.57 Å². The normalized spacial score (nSPS) is 10.0. The molecule has 1 aromatic rings. The molecule has 0 aliphatic rings. The van der Waals surface area contributed by atoms with Crippen molar-refractivity contribution in [1.82, 2.24) is 0 Å². The maximum Gasteiger partial charge on any atom is -0.0198 e. The van der Waals surface area contributed by atoms with E-state index in [9.17, 15) is 0 Å². The van der Waals surface area contributed by atoms with Crippen LogP contribution in [-0.4, -0.2) is 0 Å². The number of hydrogen-bond donors (Lipinski definition) is 0. The molecule has 0 heteroatoms. The van der Waals surface area contributed by atoms with Gasteiger partial charge >= 0.3 is 0 Å². The summed E-state index contributed by atoms with van der Waals surface area (Å²) in [7, 11) is 0. The molecule has 0 amide bonds. The summed E-state index contributed by atoms with van der Waals surface area (Å²) in [5, 5.41) is 0. The van der Waals surface area contributed by atoms with E-state index in [1.54, 1.807) is 0 Å². The van der Waals surface area contributed by atoms with Crippen molar-refractivity contribution in [3.05, 3.63) is 67.3 Å². The Morgan fingerprint density at radius 1 is 1.21 bits per heavy atom. The Balaban J connectivity index is 0.000000791. The van der Waals surface area contributed by atoms with Crippen LogP contribution in [0.4, 0.5) is 0 Å². The zero-order chi connectivity index (χ0) is 11.0. The minimum absolute atomic E-state index is 1.27. The van der Waals surface area contributed by atoms with Gasteiger partial charge in [0.2, 0.25) is 0 Å². The van der Waals surface area contributed by atoms with Gasteiger partial charge in [0, 0.05) is 0 Å². The van der Waals surface area contributed by atoms with Gasteiger partial charge < -0.3 is 0 Å². The molecule has 14 heavy (non-hydrogen) atoms. The molecule has 0 aliphatic heterocycles. The second kappa shape index (κ2) is 6.90. The lowest BCUT2D eigenvalue weighted by molar-refractivity contribution is 1.41. The number of benzene rings is 1. The Kier molecular flexibility index (Phi) is 6.13. The molecule has 1 aromatic carbocycles. The lowest BCUT2D eigenvalue weighted by Gasteiger charge is -2.03. The maximum atomic E-state index is 3.68. The van der Waals surface area contributed by atoms with Gasteiger partial charge in [-0.1, -0.05) is 43.0 Å². The predicted molar refractivity (Wildman–Crippen MR) is 66.3 cm³/mol. The lowest BCUT2D eigenvalue weighted by Crippen LogP contribution is -1.83. The molecule has 0 saturated heterocycles. The smallest absolute Gasteiger partial charge is 0.0198 e. The Bertz CT molecular complexity index is 319. The average molecular weight is 186 g/mol. The fourth-order valence-corrected chi connectivity index (χ4v) is 1.28. The number of aryl methyl sites for hydroxylation is 1. The highest BCUT2D eigenvalue weighted by molar-refractivity contribution is 5.67. The van der Waals surface area contributed by atoms with Crippen molar-refractivity contribution in [3.63, 3.8) is 0 Å². The molecule has 1 rings (SSSR count). The van der Waals surface area contributed by atoms with E-state index in [2.05, 4.69) is 57.8 Å². The van der Waals surface area contributed by atoms with Crippen LogP contribution < -0.4 is 0 Å². The third-order valence-corrected chi connectivity index (χ3v) is 1.94. The number of rotatable bonds is 2. The summed E-state index contributed by atoms with van der Waals surface area (Å²) in [5.74, 6) is 0. The van der Waals surface area contributed by atoms with Crippen LogP contribution in [0.2, 0.25) is 0 Å². The van der Waals surface area contributed by atoms with Crippen LogP contribution in [0, 0.1) is 6.92 Å². The van der Waals surface area contributed by atoms with Crippen LogP contribution in [0.1, 0.15) is 18.1 Å². The third-order valence-electron chi connectivity index (χ3n) is 1.94. The summed E-state index contributed by atoms with van der Waals surface area (Å²) in [5.41, 5.74) is 3.88. The largest absolute Gasteiger partial charge is 0.106 e. The van der Waals surface area contributed by atoms with Crippen molar-refractivity contribution in [3.8, 4) is 0 Å². The third kappa shape index (κ3) is 3.44. The average Bonchev–Trinajstić information content (AvgIpc) is 2.22. The topological polar surface area (TPSA) is 0 Å². The summed E-state index contributed by atoms with van der Waals surface area (Å²) in [6.45, 7) is 13.9. The van der Waals surface area contributed by atoms with Crippen LogP contribution in [0.3, 0.4) is 0 Å². The van der Waals surface area contributed by atoms with Gasteiger partial charge in [-0.3, -0.25) is 0 Å². The van der Waals surface area contributed by atoms with Crippen LogP contribution in [0.15, 0.2) is 56.2 Å². The van der Waals surface area contributed by atoms with Gasteiger partial charge in [0.05, 0.1) is 0 Å². The van der Waals surface area contributed by atoms with E-state index in [4.69, 9.17) is 0 Å². The van der Waals surface area contributed by atoms with Crippen molar-refractivity contribution in [2.24, 2.45) is 0 Å². The molecule has 0 bridgehead atoms. The van der Waals surface area contributed by atoms with E-state index in [1.165, 1.54) is 16.7 Å². The van der Waals surface area contributed by atoms with Gasteiger partial charge in [0.25, 0.3) is 0 Å². The van der Waals surface area contributed by atoms with Crippen LogP contribution >= 0.6 is 0 Å². The molecule has 0 unspecified atom stereocenters. The summed E-state index contributed by atoms with van der Waals surface area (Å²) in [4.78, 5) is 0. The monoisotopic (exact) mass is 186 g/mol. The van der Waals surface area contributed by atoms with E-state index in [0.29, 0.717) is 0 Å². The fraction of sp³-hybridized carbons (Fsp3) is 0.143.